The number of aryl methyl sites for hydroxylation is 2. The smallest absolute Gasteiger partial charge is 0.226 e. The minimum atomic E-state index is 0.674. The van der Waals surface area contributed by atoms with Crippen molar-refractivity contribution in [2.24, 2.45) is 5.92 Å². The second-order valence-electron chi connectivity index (χ2n) is 5.06. The van der Waals surface area contributed by atoms with Crippen LogP contribution in [-0.4, -0.2) is 28.2 Å². The Morgan fingerprint density at radius 3 is 3.16 bits per heavy atom. The number of nitrogens with zero attached hydrogens (tertiary/aromatic N) is 3. The summed E-state index contributed by atoms with van der Waals surface area (Å²) in [5.74, 6) is 2.26. The SMILES string of the molecule is Cc1csc(Cc2noc(CCC3CCNC3)n2)n1. The lowest BCUT2D eigenvalue weighted by Gasteiger charge is -2.03. The van der Waals surface area contributed by atoms with Crippen LogP contribution in [-0.2, 0) is 12.8 Å². The highest BCUT2D eigenvalue weighted by Gasteiger charge is 2.16. The van der Waals surface area contributed by atoms with Gasteiger partial charge in [-0.1, -0.05) is 5.16 Å². The number of aromatic nitrogens is 3. The fourth-order valence-electron chi connectivity index (χ4n) is 2.37. The molecule has 0 aliphatic carbocycles. The van der Waals surface area contributed by atoms with Crippen LogP contribution in [0.5, 0.6) is 0 Å². The van der Waals surface area contributed by atoms with E-state index in [-0.39, 0.29) is 0 Å². The van der Waals surface area contributed by atoms with Crippen molar-refractivity contribution in [1.29, 1.82) is 0 Å². The van der Waals surface area contributed by atoms with Crippen LogP contribution in [0.3, 0.4) is 0 Å². The molecule has 0 amide bonds. The molecular weight excluding hydrogens is 260 g/mol. The zero-order valence-electron chi connectivity index (χ0n) is 11.1. The molecule has 2 aromatic heterocycles. The second kappa shape index (κ2) is 5.79. The van der Waals surface area contributed by atoms with Gasteiger partial charge in [-0.2, -0.15) is 4.98 Å². The normalized spacial score (nSPS) is 19.1. The van der Waals surface area contributed by atoms with Gasteiger partial charge in [-0.15, -0.1) is 11.3 Å². The first-order valence-corrected chi connectivity index (χ1v) is 7.61. The van der Waals surface area contributed by atoms with Crippen molar-refractivity contribution < 1.29 is 4.52 Å². The van der Waals surface area contributed by atoms with Gasteiger partial charge in [-0.25, -0.2) is 4.98 Å². The van der Waals surface area contributed by atoms with Crippen LogP contribution in [0.4, 0.5) is 0 Å². The van der Waals surface area contributed by atoms with E-state index in [0.717, 1.165) is 54.3 Å². The molecule has 0 radical (unpaired) electrons. The molecule has 0 aromatic carbocycles. The van der Waals surface area contributed by atoms with E-state index in [1.165, 1.54) is 6.42 Å². The lowest BCUT2D eigenvalue weighted by molar-refractivity contribution is 0.361. The monoisotopic (exact) mass is 278 g/mol. The number of rotatable bonds is 5. The zero-order chi connectivity index (χ0) is 13.1. The molecule has 1 N–H and O–H groups in total. The van der Waals surface area contributed by atoms with E-state index >= 15 is 0 Å². The fraction of sp³-hybridized carbons (Fsp3) is 0.615. The van der Waals surface area contributed by atoms with Crippen LogP contribution in [0, 0.1) is 12.8 Å². The molecule has 1 saturated heterocycles. The topological polar surface area (TPSA) is 63.8 Å². The number of hydrogen-bond acceptors (Lipinski definition) is 6. The Bertz CT molecular complexity index is 530. The van der Waals surface area contributed by atoms with Crippen LogP contribution in [0.15, 0.2) is 9.90 Å². The van der Waals surface area contributed by atoms with E-state index in [9.17, 15) is 0 Å². The van der Waals surface area contributed by atoms with Gasteiger partial charge in [0.2, 0.25) is 5.89 Å². The van der Waals surface area contributed by atoms with E-state index in [1.807, 2.05) is 12.3 Å². The molecule has 19 heavy (non-hydrogen) atoms. The molecule has 2 aromatic rings. The van der Waals surface area contributed by atoms with Crippen molar-refractivity contribution in [3.05, 3.63) is 27.8 Å². The predicted molar refractivity (Wildman–Crippen MR) is 73.3 cm³/mol. The number of hydrogen-bond donors (Lipinski definition) is 1. The molecule has 3 heterocycles. The predicted octanol–water partition coefficient (Wildman–Crippen LogP) is 1.97. The van der Waals surface area contributed by atoms with Crippen molar-refractivity contribution in [3.63, 3.8) is 0 Å². The minimum Gasteiger partial charge on any atom is -0.339 e. The van der Waals surface area contributed by atoms with Crippen molar-refractivity contribution in [3.8, 4) is 0 Å². The van der Waals surface area contributed by atoms with Crippen LogP contribution < -0.4 is 5.32 Å². The quantitative estimate of drug-likeness (QED) is 0.906. The van der Waals surface area contributed by atoms with Crippen molar-refractivity contribution in [2.75, 3.05) is 13.1 Å². The Labute approximate surface area is 116 Å². The van der Waals surface area contributed by atoms with E-state index in [1.54, 1.807) is 11.3 Å². The number of nitrogens with one attached hydrogen (secondary N) is 1. The summed E-state index contributed by atoms with van der Waals surface area (Å²) in [6, 6.07) is 0. The Kier molecular flexibility index (Phi) is 3.89. The summed E-state index contributed by atoms with van der Waals surface area (Å²) in [6.07, 6.45) is 3.95. The molecule has 1 aliphatic heterocycles. The second-order valence-corrected chi connectivity index (χ2v) is 6.00. The van der Waals surface area contributed by atoms with Gasteiger partial charge < -0.3 is 9.84 Å². The molecule has 0 spiro atoms. The summed E-state index contributed by atoms with van der Waals surface area (Å²) in [5.41, 5.74) is 1.05. The van der Waals surface area contributed by atoms with Crippen LogP contribution >= 0.6 is 11.3 Å². The molecule has 3 rings (SSSR count). The maximum atomic E-state index is 5.30. The minimum absolute atomic E-state index is 0.674. The van der Waals surface area contributed by atoms with Crippen LogP contribution in [0.25, 0.3) is 0 Å². The molecule has 0 saturated carbocycles. The summed E-state index contributed by atoms with van der Waals surface area (Å²) in [4.78, 5) is 8.86. The largest absolute Gasteiger partial charge is 0.339 e. The van der Waals surface area contributed by atoms with Gasteiger partial charge in [0.25, 0.3) is 0 Å². The lowest BCUT2D eigenvalue weighted by Crippen LogP contribution is -2.09. The maximum absolute atomic E-state index is 5.30. The number of thiazole rings is 1. The molecule has 5 nitrogen and oxygen atoms in total. The standard InChI is InChI=1S/C13H18N4OS/c1-9-8-19-13(15-9)6-11-16-12(18-17-11)3-2-10-4-5-14-7-10/h8,10,14H,2-7H2,1H3. The van der Waals surface area contributed by atoms with Gasteiger partial charge in [0.05, 0.1) is 6.42 Å². The van der Waals surface area contributed by atoms with E-state index in [0.29, 0.717) is 6.42 Å². The fourth-order valence-corrected chi connectivity index (χ4v) is 3.14. The highest BCUT2D eigenvalue weighted by atomic mass is 32.1. The molecule has 1 aliphatic rings. The van der Waals surface area contributed by atoms with E-state index in [4.69, 9.17) is 4.52 Å². The molecule has 1 fully saturated rings. The Balaban J connectivity index is 1.53. The summed E-state index contributed by atoms with van der Waals surface area (Å²) in [7, 11) is 0. The summed E-state index contributed by atoms with van der Waals surface area (Å²) in [5, 5.41) is 10.5. The Morgan fingerprint density at radius 1 is 1.47 bits per heavy atom. The molecule has 1 atom stereocenters. The van der Waals surface area contributed by atoms with Crippen LogP contribution in [0.2, 0.25) is 0 Å². The van der Waals surface area contributed by atoms with Gasteiger partial charge in [-0.3, -0.25) is 0 Å². The Morgan fingerprint density at radius 2 is 2.42 bits per heavy atom. The molecule has 1 unspecified atom stereocenters. The molecule has 0 bridgehead atoms. The summed E-state index contributed by atoms with van der Waals surface area (Å²) < 4.78 is 5.30. The molecule has 102 valence electrons. The third kappa shape index (κ3) is 3.39. The third-order valence-corrected chi connectivity index (χ3v) is 4.38. The van der Waals surface area contributed by atoms with Gasteiger partial charge in [0.1, 0.15) is 5.01 Å². The Hall–Kier alpha value is -1.27. The first kappa shape index (κ1) is 12.7. The maximum Gasteiger partial charge on any atom is 0.226 e. The van der Waals surface area contributed by atoms with Gasteiger partial charge >= 0.3 is 0 Å². The average molecular weight is 278 g/mol. The zero-order valence-corrected chi connectivity index (χ0v) is 11.9. The lowest BCUT2D eigenvalue weighted by atomic mass is 10.0. The van der Waals surface area contributed by atoms with Gasteiger partial charge in [-0.05, 0) is 38.8 Å². The van der Waals surface area contributed by atoms with Crippen molar-refractivity contribution in [2.45, 2.75) is 32.6 Å². The van der Waals surface area contributed by atoms with E-state index in [2.05, 4.69) is 20.4 Å². The highest BCUT2D eigenvalue weighted by molar-refractivity contribution is 7.09. The van der Waals surface area contributed by atoms with Crippen LogP contribution in [0.1, 0.15) is 35.3 Å². The summed E-state index contributed by atoms with van der Waals surface area (Å²) in [6.45, 7) is 4.26. The highest BCUT2D eigenvalue weighted by Crippen LogP contribution is 2.16. The third-order valence-electron chi connectivity index (χ3n) is 3.41. The summed E-state index contributed by atoms with van der Waals surface area (Å²) >= 11 is 1.65. The van der Waals surface area contributed by atoms with Gasteiger partial charge in [0.15, 0.2) is 5.82 Å². The van der Waals surface area contributed by atoms with Crippen molar-refractivity contribution in [1.82, 2.24) is 20.4 Å². The van der Waals surface area contributed by atoms with Gasteiger partial charge in [0, 0.05) is 17.5 Å². The van der Waals surface area contributed by atoms with E-state index < -0.39 is 0 Å². The first-order valence-electron chi connectivity index (χ1n) is 6.73. The first-order chi connectivity index (χ1) is 9.29. The average Bonchev–Trinajstić information content (AvgIpc) is 3.10. The molecular formula is C13H18N4OS. The molecule has 6 heteroatoms. The van der Waals surface area contributed by atoms with Crippen molar-refractivity contribution >= 4 is 11.3 Å².